The fourth-order valence-electron chi connectivity index (χ4n) is 3.75. The Hall–Kier alpha value is -2.04. The van der Waals surface area contributed by atoms with Gasteiger partial charge < -0.3 is 15.4 Å². The molecule has 0 bridgehead atoms. The summed E-state index contributed by atoms with van der Waals surface area (Å²) in [5.41, 5.74) is 5.32. The van der Waals surface area contributed by atoms with Crippen LogP contribution in [-0.2, 0) is 18.4 Å². The van der Waals surface area contributed by atoms with E-state index in [9.17, 15) is 4.79 Å². The molecule has 2 aromatic carbocycles. The van der Waals surface area contributed by atoms with Crippen molar-refractivity contribution >= 4 is 23.2 Å². The Morgan fingerprint density at radius 1 is 1.26 bits per heavy atom. The van der Waals surface area contributed by atoms with E-state index in [0.717, 1.165) is 25.2 Å². The van der Waals surface area contributed by atoms with E-state index in [2.05, 4.69) is 37.5 Å². The number of fused-ring (bicyclic) bond motifs is 1. The van der Waals surface area contributed by atoms with Crippen LogP contribution in [0.5, 0.6) is 5.75 Å². The van der Waals surface area contributed by atoms with Gasteiger partial charge in [0.1, 0.15) is 5.75 Å². The van der Waals surface area contributed by atoms with E-state index < -0.39 is 0 Å². The minimum atomic E-state index is -0.169. The zero-order chi connectivity index (χ0) is 19.6. The maximum Gasteiger partial charge on any atom is 0.255 e. The number of amides is 1. The van der Waals surface area contributed by atoms with Crippen molar-refractivity contribution in [2.24, 2.45) is 0 Å². The molecule has 0 saturated carbocycles. The van der Waals surface area contributed by atoms with E-state index in [1.165, 1.54) is 16.7 Å². The Morgan fingerprint density at radius 2 is 2.04 bits per heavy atom. The lowest BCUT2D eigenvalue weighted by molar-refractivity contribution is 0.102. The number of nitrogens with one attached hydrogen (secondary N) is 2. The van der Waals surface area contributed by atoms with Gasteiger partial charge >= 0.3 is 0 Å². The fraction of sp³-hybridized carbons (Fsp3) is 0.409. The third kappa shape index (κ3) is 3.97. The van der Waals surface area contributed by atoms with Crippen molar-refractivity contribution in [1.82, 2.24) is 5.32 Å². The van der Waals surface area contributed by atoms with Gasteiger partial charge in [-0.05, 0) is 54.3 Å². The van der Waals surface area contributed by atoms with Gasteiger partial charge in [-0.25, -0.2) is 0 Å². The van der Waals surface area contributed by atoms with Crippen LogP contribution in [0.2, 0.25) is 5.02 Å². The SMILES string of the molecule is CCOc1ccc(C(=O)Nc2ccc3c(c2CC)CNCC3(C)C)cc1Cl. The highest BCUT2D eigenvalue weighted by Crippen LogP contribution is 2.35. The van der Waals surface area contributed by atoms with Crippen LogP contribution in [0.15, 0.2) is 30.3 Å². The Labute approximate surface area is 166 Å². The quantitative estimate of drug-likeness (QED) is 0.765. The summed E-state index contributed by atoms with van der Waals surface area (Å²) < 4.78 is 5.44. The van der Waals surface area contributed by atoms with Crippen LogP contribution in [0.1, 0.15) is 54.7 Å². The highest BCUT2D eigenvalue weighted by molar-refractivity contribution is 6.32. The molecule has 27 heavy (non-hydrogen) atoms. The Balaban J connectivity index is 1.89. The van der Waals surface area contributed by atoms with Gasteiger partial charge in [0.25, 0.3) is 5.91 Å². The van der Waals surface area contributed by atoms with Crippen molar-refractivity contribution in [3.8, 4) is 5.75 Å². The molecule has 0 aromatic heterocycles. The van der Waals surface area contributed by atoms with Crippen molar-refractivity contribution < 1.29 is 9.53 Å². The number of halogens is 1. The predicted molar refractivity (Wildman–Crippen MR) is 111 cm³/mol. The van der Waals surface area contributed by atoms with Gasteiger partial charge in [0, 0.05) is 29.8 Å². The van der Waals surface area contributed by atoms with Crippen LogP contribution in [0.25, 0.3) is 0 Å². The molecular formula is C22H27ClN2O2. The summed E-state index contributed by atoms with van der Waals surface area (Å²) >= 11 is 6.23. The Bertz CT molecular complexity index is 862. The highest BCUT2D eigenvalue weighted by atomic mass is 35.5. The number of carbonyl (C=O) groups excluding carboxylic acids is 1. The molecule has 0 saturated heterocycles. The second kappa shape index (κ2) is 7.91. The maximum atomic E-state index is 12.8. The van der Waals surface area contributed by atoms with Gasteiger partial charge in [-0.2, -0.15) is 0 Å². The molecule has 1 heterocycles. The summed E-state index contributed by atoms with van der Waals surface area (Å²) in [6.45, 7) is 10.8. The van der Waals surface area contributed by atoms with Gasteiger partial charge in [0.2, 0.25) is 0 Å². The molecule has 2 aromatic rings. The molecule has 0 atom stereocenters. The first kappa shape index (κ1) is 19.7. The number of carbonyl (C=O) groups is 1. The van der Waals surface area contributed by atoms with E-state index >= 15 is 0 Å². The van der Waals surface area contributed by atoms with Crippen molar-refractivity contribution in [3.63, 3.8) is 0 Å². The van der Waals surface area contributed by atoms with Crippen LogP contribution in [0, 0.1) is 0 Å². The predicted octanol–water partition coefficient (Wildman–Crippen LogP) is 4.93. The van der Waals surface area contributed by atoms with Crippen molar-refractivity contribution in [2.75, 3.05) is 18.5 Å². The molecule has 144 valence electrons. The molecule has 3 rings (SSSR count). The molecule has 1 aliphatic rings. The molecule has 1 amide bonds. The van der Waals surface area contributed by atoms with Gasteiger partial charge in [-0.15, -0.1) is 0 Å². The number of anilines is 1. The van der Waals surface area contributed by atoms with E-state index in [1.807, 2.05) is 13.0 Å². The number of ether oxygens (including phenoxy) is 1. The van der Waals surface area contributed by atoms with Crippen molar-refractivity contribution in [1.29, 1.82) is 0 Å². The molecule has 2 N–H and O–H groups in total. The summed E-state index contributed by atoms with van der Waals surface area (Å²) in [6.07, 6.45) is 0.862. The number of hydrogen-bond donors (Lipinski definition) is 2. The summed E-state index contributed by atoms with van der Waals surface area (Å²) in [5.74, 6) is 0.421. The molecule has 0 radical (unpaired) electrons. The molecule has 0 fully saturated rings. The third-order valence-electron chi connectivity index (χ3n) is 5.12. The van der Waals surface area contributed by atoms with E-state index in [1.54, 1.807) is 18.2 Å². The zero-order valence-corrected chi connectivity index (χ0v) is 17.2. The van der Waals surface area contributed by atoms with Crippen LogP contribution in [-0.4, -0.2) is 19.1 Å². The molecular weight excluding hydrogens is 360 g/mol. The summed E-state index contributed by atoms with van der Waals surface area (Å²) in [7, 11) is 0. The molecule has 0 aliphatic carbocycles. The first-order valence-corrected chi connectivity index (χ1v) is 9.84. The van der Waals surface area contributed by atoms with Crippen LogP contribution in [0.3, 0.4) is 0 Å². The van der Waals surface area contributed by atoms with Gasteiger partial charge in [-0.1, -0.05) is 38.4 Å². The summed E-state index contributed by atoms with van der Waals surface area (Å²) in [4.78, 5) is 12.8. The largest absolute Gasteiger partial charge is 0.492 e. The lowest BCUT2D eigenvalue weighted by atomic mass is 9.77. The van der Waals surface area contributed by atoms with Gasteiger partial charge in [-0.3, -0.25) is 4.79 Å². The normalized spacial score (nSPS) is 15.1. The van der Waals surface area contributed by atoms with E-state index in [4.69, 9.17) is 16.3 Å². The molecule has 0 spiro atoms. The lowest BCUT2D eigenvalue weighted by Gasteiger charge is -2.35. The summed E-state index contributed by atoms with van der Waals surface area (Å²) in [6, 6.07) is 9.30. The number of hydrogen-bond acceptors (Lipinski definition) is 3. The maximum absolute atomic E-state index is 12.8. The van der Waals surface area contributed by atoms with Crippen molar-refractivity contribution in [3.05, 3.63) is 57.6 Å². The van der Waals surface area contributed by atoms with Crippen LogP contribution < -0.4 is 15.4 Å². The fourth-order valence-corrected chi connectivity index (χ4v) is 3.99. The van der Waals surface area contributed by atoms with Crippen LogP contribution in [0.4, 0.5) is 5.69 Å². The topological polar surface area (TPSA) is 50.4 Å². The average molecular weight is 387 g/mol. The first-order chi connectivity index (χ1) is 12.9. The zero-order valence-electron chi connectivity index (χ0n) is 16.4. The Morgan fingerprint density at radius 3 is 2.70 bits per heavy atom. The second-order valence-corrected chi connectivity index (χ2v) is 7.90. The van der Waals surface area contributed by atoms with Gasteiger partial charge in [0.05, 0.1) is 11.6 Å². The smallest absolute Gasteiger partial charge is 0.255 e. The highest BCUT2D eigenvalue weighted by Gasteiger charge is 2.29. The van der Waals surface area contributed by atoms with Gasteiger partial charge in [0.15, 0.2) is 0 Å². The van der Waals surface area contributed by atoms with E-state index in [-0.39, 0.29) is 11.3 Å². The first-order valence-electron chi connectivity index (χ1n) is 9.47. The molecule has 5 heteroatoms. The molecule has 1 aliphatic heterocycles. The molecule has 0 unspecified atom stereocenters. The van der Waals surface area contributed by atoms with E-state index in [0.29, 0.717) is 22.9 Å². The third-order valence-corrected chi connectivity index (χ3v) is 5.42. The minimum Gasteiger partial charge on any atom is -0.492 e. The summed E-state index contributed by atoms with van der Waals surface area (Å²) in [5, 5.41) is 7.01. The number of rotatable bonds is 5. The monoisotopic (exact) mass is 386 g/mol. The number of benzene rings is 2. The minimum absolute atomic E-state index is 0.0860. The average Bonchev–Trinajstić information content (AvgIpc) is 2.63. The van der Waals surface area contributed by atoms with Crippen LogP contribution >= 0.6 is 11.6 Å². The lowest BCUT2D eigenvalue weighted by Crippen LogP contribution is -2.39. The molecule has 4 nitrogen and oxygen atoms in total. The Kier molecular flexibility index (Phi) is 5.78. The second-order valence-electron chi connectivity index (χ2n) is 7.49. The standard InChI is InChI=1S/C22H27ClN2O2/c1-5-15-16-12-24-13-22(3,4)17(16)8-9-19(15)25-21(26)14-7-10-20(27-6-2)18(23)11-14/h7-11,24H,5-6,12-13H2,1-4H3,(H,25,26). The van der Waals surface area contributed by atoms with Crippen molar-refractivity contribution in [2.45, 2.75) is 46.1 Å².